The van der Waals surface area contributed by atoms with Gasteiger partial charge in [0.1, 0.15) is 0 Å². The fourth-order valence-corrected chi connectivity index (χ4v) is 3.80. The van der Waals surface area contributed by atoms with Crippen LogP contribution < -0.4 is 0 Å². The Kier molecular flexibility index (Phi) is 8.04. The zero-order chi connectivity index (χ0) is 25.0. The van der Waals surface area contributed by atoms with Crippen molar-refractivity contribution in [1.82, 2.24) is 9.80 Å². The minimum atomic E-state index is -1.04. The topological polar surface area (TPSA) is 40.6 Å². The zero-order valence-corrected chi connectivity index (χ0v) is 19.2. The first-order valence-electron chi connectivity index (χ1n) is 10.8. The molecule has 1 aliphatic carbocycles. The van der Waals surface area contributed by atoms with Gasteiger partial charge in [-0.1, -0.05) is 12.1 Å². The van der Waals surface area contributed by atoms with E-state index in [0.717, 1.165) is 24.3 Å². The van der Waals surface area contributed by atoms with E-state index in [9.17, 15) is 27.2 Å². The predicted octanol–water partition coefficient (Wildman–Crippen LogP) is 4.85. The Bertz CT molecular complexity index is 1080. The monoisotopic (exact) mass is 474 g/mol. The number of ketones is 1. The summed E-state index contributed by atoms with van der Waals surface area (Å²) in [5, 5.41) is 0. The van der Waals surface area contributed by atoms with E-state index in [1.165, 1.54) is 24.3 Å². The van der Waals surface area contributed by atoms with Crippen LogP contribution in [-0.4, -0.2) is 55.2 Å². The molecule has 0 atom stereocenters. The van der Waals surface area contributed by atoms with E-state index >= 15 is 0 Å². The van der Waals surface area contributed by atoms with Gasteiger partial charge in [0.15, 0.2) is 29.1 Å². The van der Waals surface area contributed by atoms with Crippen LogP contribution in [0.3, 0.4) is 0 Å². The molecular formula is C26H26F4N2O2. The maximum atomic E-state index is 13.7. The lowest BCUT2D eigenvalue weighted by Crippen LogP contribution is -2.41. The van der Waals surface area contributed by atoms with Crippen molar-refractivity contribution >= 4 is 23.8 Å². The molecule has 34 heavy (non-hydrogen) atoms. The van der Waals surface area contributed by atoms with E-state index in [1.807, 2.05) is 19.0 Å². The first-order valence-corrected chi connectivity index (χ1v) is 10.8. The molecule has 3 rings (SSSR count). The highest BCUT2D eigenvalue weighted by Crippen LogP contribution is 2.31. The lowest BCUT2D eigenvalue weighted by molar-refractivity contribution is -0.132. The molecule has 0 bridgehead atoms. The minimum Gasteiger partial charge on any atom is -0.342 e. The molecule has 1 saturated carbocycles. The number of nitrogens with zero attached hydrogens (tertiary/aromatic N) is 2. The van der Waals surface area contributed by atoms with Gasteiger partial charge in [-0.25, -0.2) is 17.6 Å². The van der Waals surface area contributed by atoms with Crippen molar-refractivity contribution in [2.75, 3.05) is 27.7 Å². The van der Waals surface area contributed by atoms with Crippen LogP contribution in [0, 0.1) is 23.3 Å². The second kappa shape index (κ2) is 10.8. The summed E-state index contributed by atoms with van der Waals surface area (Å²) in [6.07, 6.45) is 3.66. The number of carbonyl (C=O) groups is 2. The summed E-state index contributed by atoms with van der Waals surface area (Å²) in [6.45, 7) is 0.559. The Hall–Kier alpha value is -3.26. The van der Waals surface area contributed by atoms with Crippen LogP contribution in [0.5, 0.6) is 0 Å². The number of Topliss-reactive ketones (excluding diaryl/α,β-unsaturated/α-hetero) is 1. The van der Waals surface area contributed by atoms with E-state index in [-0.39, 0.29) is 30.6 Å². The molecule has 1 fully saturated rings. The normalized spacial score (nSPS) is 18.7. The zero-order valence-electron chi connectivity index (χ0n) is 19.2. The maximum Gasteiger partial charge on any atom is 0.223 e. The van der Waals surface area contributed by atoms with E-state index < -0.39 is 23.3 Å². The number of benzene rings is 2. The minimum absolute atomic E-state index is 0.104. The molecule has 1 aliphatic rings. The van der Waals surface area contributed by atoms with Gasteiger partial charge in [0.2, 0.25) is 5.91 Å². The quantitative estimate of drug-likeness (QED) is 0.444. The maximum absolute atomic E-state index is 13.7. The van der Waals surface area contributed by atoms with E-state index in [4.69, 9.17) is 0 Å². The fraction of sp³-hybridized carbons (Fsp3) is 0.308. The van der Waals surface area contributed by atoms with Crippen molar-refractivity contribution in [1.29, 1.82) is 0 Å². The molecule has 0 heterocycles. The number of halogens is 4. The Morgan fingerprint density at radius 2 is 1.32 bits per heavy atom. The fourth-order valence-electron chi connectivity index (χ4n) is 3.80. The standard InChI is InChI=1S/C26H26F4N2O2/c1-31(2)9-8-25(33)32(3)20-14-18(10-16-4-6-21(27)23(29)12-16)26(34)19(15-20)11-17-5-7-22(28)24(30)13-17/h4-7,10-13,20H,8-9,14-15H2,1-3H3/b18-10+,19-11+. The number of rotatable bonds is 6. The lowest BCUT2D eigenvalue weighted by atomic mass is 9.83. The lowest BCUT2D eigenvalue weighted by Gasteiger charge is -2.33. The second-order valence-corrected chi connectivity index (χ2v) is 8.64. The molecule has 0 aliphatic heterocycles. The van der Waals surface area contributed by atoms with Gasteiger partial charge in [-0.05, 0) is 74.5 Å². The van der Waals surface area contributed by atoms with E-state index in [0.29, 0.717) is 35.2 Å². The van der Waals surface area contributed by atoms with Crippen LogP contribution in [-0.2, 0) is 9.59 Å². The summed E-state index contributed by atoms with van der Waals surface area (Å²) < 4.78 is 54.1. The van der Waals surface area contributed by atoms with Gasteiger partial charge in [-0.3, -0.25) is 9.59 Å². The van der Waals surface area contributed by atoms with Crippen molar-refractivity contribution < 1.29 is 27.2 Å². The molecule has 2 aromatic rings. The highest BCUT2D eigenvalue weighted by molar-refractivity contribution is 6.14. The van der Waals surface area contributed by atoms with Crippen molar-refractivity contribution in [3.63, 3.8) is 0 Å². The van der Waals surface area contributed by atoms with E-state index in [2.05, 4.69) is 0 Å². The third-order valence-corrected chi connectivity index (χ3v) is 5.78. The van der Waals surface area contributed by atoms with Crippen LogP contribution >= 0.6 is 0 Å². The van der Waals surface area contributed by atoms with Crippen molar-refractivity contribution in [3.05, 3.63) is 81.9 Å². The Labute approximate surface area is 196 Å². The van der Waals surface area contributed by atoms with Gasteiger partial charge in [-0.2, -0.15) is 0 Å². The average molecular weight is 474 g/mol. The van der Waals surface area contributed by atoms with Gasteiger partial charge < -0.3 is 9.80 Å². The molecule has 0 radical (unpaired) electrons. The first kappa shape index (κ1) is 25.4. The highest BCUT2D eigenvalue weighted by Gasteiger charge is 2.32. The Morgan fingerprint density at radius 3 is 1.74 bits per heavy atom. The number of hydrogen-bond acceptors (Lipinski definition) is 3. The molecule has 180 valence electrons. The molecule has 0 N–H and O–H groups in total. The molecule has 4 nitrogen and oxygen atoms in total. The van der Waals surface area contributed by atoms with Crippen molar-refractivity contribution in [2.45, 2.75) is 25.3 Å². The summed E-state index contributed by atoms with van der Waals surface area (Å²) in [4.78, 5) is 29.4. The number of amides is 1. The van der Waals surface area contributed by atoms with E-state index in [1.54, 1.807) is 11.9 Å². The molecule has 0 aromatic heterocycles. The molecule has 0 unspecified atom stereocenters. The smallest absolute Gasteiger partial charge is 0.223 e. The second-order valence-electron chi connectivity index (χ2n) is 8.64. The summed E-state index contributed by atoms with van der Waals surface area (Å²) >= 11 is 0. The third-order valence-electron chi connectivity index (χ3n) is 5.78. The highest BCUT2D eigenvalue weighted by atomic mass is 19.2. The van der Waals surface area contributed by atoms with Gasteiger partial charge in [0.05, 0.1) is 0 Å². The summed E-state index contributed by atoms with van der Waals surface area (Å²) in [5.74, 6) is -4.53. The van der Waals surface area contributed by atoms with Crippen LogP contribution in [0.15, 0.2) is 47.5 Å². The average Bonchev–Trinajstić information content (AvgIpc) is 2.79. The van der Waals surface area contributed by atoms with Gasteiger partial charge in [0.25, 0.3) is 0 Å². The molecular weight excluding hydrogens is 448 g/mol. The molecule has 0 saturated heterocycles. The third kappa shape index (κ3) is 6.20. The molecule has 0 spiro atoms. The summed E-state index contributed by atoms with van der Waals surface area (Å²) in [6, 6.07) is 6.26. The largest absolute Gasteiger partial charge is 0.342 e. The predicted molar refractivity (Wildman–Crippen MR) is 123 cm³/mol. The Balaban J connectivity index is 1.97. The van der Waals surface area contributed by atoms with Gasteiger partial charge in [0, 0.05) is 37.2 Å². The molecule has 2 aromatic carbocycles. The first-order chi connectivity index (χ1) is 16.0. The van der Waals surface area contributed by atoms with Crippen molar-refractivity contribution in [2.24, 2.45) is 0 Å². The number of carbonyl (C=O) groups excluding carboxylic acids is 2. The summed E-state index contributed by atoms with van der Waals surface area (Å²) in [5.41, 5.74) is 1.22. The van der Waals surface area contributed by atoms with Crippen LogP contribution in [0.1, 0.15) is 30.4 Å². The molecule has 1 amide bonds. The SMILES string of the molecule is CN(C)CCC(=O)N(C)C1C/C(=C\c2ccc(F)c(F)c2)C(=O)/C(=C/c2ccc(F)c(F)c2)C1. The Morgan fingerprint density at radius 1 is 0.853 bits per heavy atom. The van der Waals surface area contributed by atoms with Crippen LogP contribution in [0.2, 0.25) is 0 Å². The summed E-state index contributed by atoms with van der Waals surface area (Å²) in [7, 11) is 5.37. The molecule has 8 heteroatoms. The number of hydrogen-bond donors (Lipinski definition) is 0. The van der Waals surface area contributed by atoms with Gasteiger partial charge in [-0.15, -0.1) is 0 Å². The van der Waals surface area contributed by atoms with Crippen molar-refractivity contribution in [3.8, 4) is 0 Å². The van der Waals surface area contributed by atoms with Crippen LogP contribution in [0.25, 0.3) is 12.2 Å². The van der Waals surface area contributed by atoms with Crippen LogP contribution in [0.4, 0.5) is 17.6 Å². The van der Waals surface area contributed by atoms with Gasteiger partial charge >= 0.3 is 0 Å².